The molecule has 0 spiro atoms. The standard InChI is InChI=1S/C24H27F4N7O3/c1-23(6-7-23)31-22(36)38-18-5-4-14(20(18)25)15-9-19(33-32-15)30-21-17-8-13(11-37-24(26,27)28)34-35(17)10-16(29-21)12-2-3-12/h8-10,12,14,18,20H,2-7,11H2,1H3,(H,31,36)(H2,29,30,32,33)/t14-,18-,20+/m0/s1. The highest BCUT2D eigenvalue weighted by Crippen LogP contribution is 2.41. The van der Waals surface area contributed by atoms with Crippen LogP contribution in [0.2, 0.25) is 0 Å². The number of fused-ring (bicyclic) bond motifs is 1. The van der Waals surface area contributed by atoms with E-state index in [0.717, 1.165) is 31.4 Å². The van der Waals surface area contributed by atoms with E-state index < -0.39 is 37.3 Å². The molecule has 0 aliphatic heterocycles. The van der Waals surface area contributed by atoms with Crippen molar-refractivity contribution in [1.29, 1.82) is 0 Å². The molecule has 0 saturated heterocycles. The van der Waals surface area contributed by atoms with Crippen molar-refractivity contribution >= 4 is 23.2 Å². The molecule has 3 saturated carbocycles. The van der Waals surface area contributed by atoms with Crippen LogP contribution < -0.4 is 10.6 Å². The minimum absolute atomic E-state index is 0.0971. The largest absolute Gasteiger partial charge is 0.522 e. The monoisotopic (exact) mass is 537 g/mol. The zero-order valence-electron chi connectivity index (χ0n) is 20.5. The van der Waals surface area contributed by atoms with Gasteiger partial charge >= 0.3 is 12.5 Å². The second kappa shape index (κ2) is 9.10. The van der Waals surface area contributed by atoms with E-state index in [1.54, 1.807) is 12.3 Å². The number of hydrogen-bond acceptors (Lipinski definition) is 7. The average molecular weight is 538 g/mol. The average Bonchev–Trinajstić information content (AvgIpc) is 3.68. The van der Waals surface area contributed by atoms with Gasteiger partial charge in [0.2, 0.25) is 0 Å². The zero-order chi connectivity index (χ0) is 26.7. The van der Waals surface area contributed by atoms with Gasteiger partial charge in [0.05, 0.1) is 17.6 Å². The van der Waals surface area contributed by atoms with Gasteiger partial charge in [0.1, 0.15) is 24.4 Å². The molecule has 0 unspecified atom stereocenters. The topological polar surface area (TPSA) is 118 Å². The first-order valence-electron chi connectivity index (χ1n) is 12.6. The smallest absolute Gasteiger partial charge is 0.443 e. The fourth-order valence-electron chi connectivity index (χ4n) is 4.77. The third kappa shape index (κ3) is 5.40. The number of aromatic nitrogens is 5. The first kappa shape index (κ1) is 24.9. The molecule has 3 aliphatic carbocycles. The van der Waals surface area contributed by atoms with Crippen LogP contribution in [-0.4, -0.2) is 55.1 Å². The molecule has 0 bridgehead atoms. The Morgan fingerprint density at radius 2 is 2.03 bits per heavy atom. The maximum absolute atomic E-state index is 15.2. The Morgan fingerprint density at radius 1 is 1.24 bits per heavy atom. The van der Waals surface area contributed by atoms with Crippen molar-refractivity contribution in [2.45, 2.75) is 88.1 Å². The van der Waals surface area contributed by atoms with Gasteiger partial charge < -0.3 is 15.4 Å². The van der Waals surface area contributed by atoms with Crippen LogP contribution in [0.4, 0.5) is 34.0 Å². The second-order valence-corrected chi connectivity index (χ2v) is 10.6. The summed E-state index contributed by atoms with van der Waals surface area (Å²) in [5.74, 6) is 0.468. The number of nitrogens with one attached hydrogen (secondary N) is 3. The Morgan fingerprint density at radius 3 is 2.74 bits per heavy atom. The van der Waals surface area contributed by atoms with Crippen LogP contribution in [0.1, 0.15) is 74.4 Å². The first-order valence-corrected chi connectivity index (χ1v) is 12.6. The van der Waals surface area contributed by atoms with E-state index in [1.807, 2.05) is 6.92 Å². The quantitative estimate of drug-likeness (QED) is 0.347. The number of nitrogens with zero attached hydrogens (tertiary/aromatic N) is 4. The maximum atomic E-state index is 15.2. The van der Waals surface area contributed by atoms with Crippen LogP contribution in [0.3, 0.4) is 0 Å². The number of hydrogen-bond donors (Lipinski definition) is 3. The fourth-order valence-corrected chi connectivity index (χ4v) is 4.77. The van der Waals surface area contributed by atoms with Crippen molar-refractivity contribution in [1.82, 2.24) is 30.1 Å². The van der Waals surface area contributed by atoms with E-state index in [-0.39, 0.29) is 17.2 Å². The van der Waals surface area contributed by atoms with Crippen molar-refractivity contribution in [3.05, 3.63) is 35.4 Å². The van der Waals surface area contributed by atoms with Crippen LogP contribution in [0.15, 0.2) is 18.3 Å². The van der Waals surface area contributed by atoms with Crippen molar-refractivity contribution in [3.8, 4) is 0 Å². The van der Waals surface area contributed by atoms with E-state index in [9.17, 15) is 18.0 Å². The van der Waals surface area contributed by atoms with Crippen LogP contribution >= 0.6 is 0 Å². The molecule has 3 N–H and O–H groups in total. The predicted molar refractivity (Wildman–Crippen MR) is 126 cm³/mol. The van der Waals surface area contributed by atoms with Crippen molar-refractivity contribution in [2.75, 3.05) is 5.32 Å². The number of carbonyl (C=O) groups is 1. The summed E-state index contributed by atoms with van der Waals surface area (Å²) < 4.78 is 63.5. The molecule has 1 amide bonds. The van der Waals surface area contributed by atoms with Crippen LogP contribution in [0, 0.1) is 0 Å². The number of carbonyl (C=O) groups excluding carboxylic acids is 1. The summed E-state index contributed by atoms with van der Waals surface area (Å²) in [6.07, 6.45) is -1.34. The molecule has 38 heavy (non-hydrogen) atoms. The molecule has 3 atom stereocenters. The summed E-state index contributed by atoms with van der Waals surface area (Å²) in [6.45, 7) is 1.19. The lowest BCUT2D eigenvalue weighted by Gasteiger charge is -2.19. The number of halogens is 4. The summed E-state index contributed by atoms with van der Waals surface area (Å²) in [5.41, 5.74) is 1.61. The number of ether oxygens (including phenoxy) is 2. The lowest BCUT2D eigenvalue weighted by molar-refractivity contribution is -0.330. The first-order chi connectivity index (χ1) is 18.1. The molecule has 3 aliphatic rings. The number of alkyl halides is 4. The summed E-state index contributed by atoms with van der Waals surface area (Å²) in [5, 5.41) is 17.2. The Balaban J connectivity index is 1.16. The maximum Gasteiger partial charge on any atom is 0.522 e. The second-order valence-electron chi connectivity index (χ2n) is 10.6. The van der Waals surface area contributed by atoms with E-state index in [0.29, 0.717) is 35.7 Å². The number of aromatic amines is 1. The molecule has 0 aromatic carbocycles. The van der Waals surface area contributed by atoms with E-state index in [2.05, 4.69) is 35.7 Å². The molecule has 204 valence electrons. The number of rotatable bonds is 8. The minimum atomic E-state index is -4.77. The molecule has 0 radical (unpaired) electrons. The van der Waals surface area contributed by atoms with Gasteiger partial charge in [-0.15, -0.1) is 13.2 Å². The number of amides is 1. The molecule has 3 heterocycles. The van der Waals surface area contributed by atoms with Gasteiger partial charge in [-0.25, -0.2) is 18.7 Å². The molecular formula is C24H27F4N7O3. The molecule has 3 aromatic rings. The summed E-state index contributed by atoms with van der Waals surface area (Å²) >= 11 is 0. The van der Waals surface area contributed by atoms with Gasteiger partial charge in [0.15, 0.2) is 11.6 Å². The Bertz CT molecular complexity index is 1350. The third-order valence-electron chi connectivity index (χ3n) is 7.31. The van der Waals surface area contributed by atoms with Crippen LogP contribution in [-0.2, 0) is 16.1 Å². The van der Waals surface area contributed by atoms with Gasteiger partial charge in [0, 0.05) is 29.1 Å². The van der Waals surface area contributed by atoms with Crippen molar-refractivity contribution in [2.24, 2.45) is 0 Å². The van der Waals surface area contributed by atoms with Crippen molar-refractivity contribution in [3.63, 3.8) is 0 Å². The molecule has 14 heteroatoms. The van der Waals surface area contributed by atoms with Crippen LogP contribution in [0.5, 0.6) is 0 Å². The SMILES string of the molecule is CC1(NC(=O)O[C@H]2CC[C@@H](c3cc(Nc4nc(C5CC5)cn5nc(COC(F)(F)F)cc45)n[nH]3)[C@H]2F)CC1. The normalized spacial score (nSPS) is 24.5. The Labute approximate surface area is 214 Å². The highest BCUT2D eigenvalue weighted by molar-refractivity contribution is 5.73. The molecule has 3 aromatic heterocycles. The highest BCUT2D eigenvalue weighted by Gasteiger charge is 2.43. The van der Waals surface area contributed by atoms with Gasteiger partial charge in [-0.2, -0.15) is 10.2 Å². The van der Waals surface area contributed by atoms with E-state index in [1.165, 1.54) is 10.6 Å². The molecule has 10 nitrogen and oxygen atoms in total. The van der Waals surface area contributed by atoms with Gasteiger partial charge in [-0.05, 0) is 51.5 Å². The van der Waals surface area contributed by atoms with Crippen LogP contribution in [0.25, 0.3) is 5.52 Å². The lowest BCUT2D eigenvalue weighted by Crippen LogP contribution is -2.38. The van der Waals surface area contributed by atoms with E-state index in [4.69, 9.17) is 4.74 Å². The molecule has 3 fully saturated rings. The summed E-state index contributed by atoms with van der Waals surface area (Å²) in [7, 11) is 0. The van der Waals surface area contributed by atoms with Gasteiger partial charge in [-0.3, -0.25) is 9.84 Å². The minimum Gasteiger partial charge on any atom is -0.443 e. The van der Waals surface area contributed by atoms with E-state index >= 15 is 4.39 Å². The van der Waals surface area contributed by atoms with Gasteiger partial charge in [-0.1, -0.05) is 0 Å². The number of alkyl carbamates (subject to hydrolysis) is 1. The molecule has 6 rings (SSSR count). The summed E-state index contributed by atoms with van der Waals surface area (Å²) in [4.78, 5) is 16.8. The number of anilines is 2. The third-order valence-corrected chi connectivity index (χ3v) is 7.31. The molecular weight excluding hydrogens is 510 g/mol. The number of H-pyrrole nitrogens is 1. The summed E-state index contributed by atoms with van der Waals surface area (Å²) in [6, 6.07) is 3.13. The predicted octanol–water partition coefficient (Wildman–Crippen LogP) is 4.97. The Kier molecular flexibility index (Phi) is 5.96. The fraction of sp³-hybridized carbons (Fsp3) is 0.583. The van der Waals surface area contributed by atoms with Gasteiger partial charge in [0.25, 0.3) is 0 Å². The lowest BCUT2D eigenvalue weighted by atomic mass is 10.0. The van der Waals surface area contributed by atoms with Crippen molar-refractivity contribution < 1.29 is 31.8 Å². The Hall–Kier alpha value is -3.42. The highest BCUT2D eigenvalue weighted by atomic mass is 19.4. The zero-order valence-corrected chi connectivity index (χ0v) is 20.5.